The third-order valence-electron chi connectivity index (χ3n) is 2.34. The number of aliphatic carboxylic acids is 1. The Morgan fingerprint density at radius 2 is 2.11 bits per heavy atom. The first-order chi connectivity index (χ1) is 9.04. The largest absolute Gasteiger partial charge is 0.480 e. The van der Waals surface area contributed by atoms with E-state index in [1.54, 1.807) is 24.3 Å². The molecular formula is C14H14ClNO3. The molecule has 1 amide bonds. The Bertz CT molecular complexity index is 511. The van der Waals surface area contributed by atoms with Crippen molar-refractivity contribution in [2.75, 3.05) is 0 Å². The van der Waals surface area contributed by atoms with Crippen LogP contribution in [0.2, 0.25) is 5.02 Å². The molecule has 1 aromatic rings. The smallest absolute Gasteiger partial charge is 0.326 e. The van der Waals surface area contributed by atoms with Gasteiger partial charge in [-0.1, -0.05) is 35.9 Å². The van der Waals surface area contributed by atoms with Crippen molar-refractivity contribution >= 4 is 29.6 Å². The zero-order valence-electron chi connectivity index (χ0n) is 10.2. The fraction of sp³-hybridized carbons (Fsp3) is 0.143. The molecule has 1 aromatic carbocycles. The van der Waals surface area contributed by atoms with E-state index in [1.807, 2.05) is 0 Å². The highest BCUT2D eigenvalue weighted by Crippen LogP contribution is 2.16. The van der Waals surface area contributed by atoms with Crippen LogP contribution < -0.4 is 5.32 Å². The molecule has 0 saturated carbocycles. The molecule has 0 heterocycles. The number of hydrogen-bond donors (Lipinski definition) is 2. The predicted octanol–water partition coefficient (Wildman–Crippen LogP) is 2.50. The Hall–Kier alpha value is -2.07. The summed E-state index contributed by atoms with van der Waals surface area (Å²) in [5, 5.41) is 11.8. The molecule has 0 saturated heterocycles. The van der Waals surface area contributed by atoms with Crippen LogP contribution in [0.4, 0.5) is 0 Å². The summed E-state index contributed by atoms with van der Waals surface area (Å²) in [5.41, 5.74) is 0.690. The fourth-order valence-corrected chi connectivity index (χ4v) is 1.58. The standard InChI is InChI=1S/C14H14ClNO3/c1-2-5-12(14(18)19)16-13(17)9-8-10-6-3-4-7-11(10)15/h2-4,6-9,12H,1,5H2,(H,16,17)(H,18,19)/b9-8+. The van der Waals surface area contributed by atoms with Crippen LogP contribution in [0.1, 0.15) is 12.0 Å². The third-order valence-corrected chi connectivity index (χ3v) is 2.68. The van der Waals surface area contributed by atoms with Gasteiger partial charge in [-0.05, 0) is 24.1 Å². The molecule has 5 heteroatoms. The van der Waals surface area contributed by atoms with Crippen LogP contribution in [0, 0.1) is 0 Å². The van der Waals surface area contributed by atoms with Crippen LogP contribution in [-0.2, 0) is 9.59 Å². The van der Waals surface area contributed by atoms with Gasteiger partial charge in [0.15, 0.2) is 0 Å². The maximum Gasteiger partial charge on any atom is 0.326 e. The second-order valence-electron chi connectivity index (χ2n) is 3.78. The predicted molar refractivity (Wildman–Crippen MR) is 74.9 cm³/mol. The van der Waals surface area contributed by atoms with Gasteiger partial charge in [0.1, 0.15) is 6.04 Å². The molecule has 0 radical (unpaired) electrons. The second kappa shape index (κ2) is 7.38. The van der Waals surface area contributed by atoms with E-state index in [4.69, 9.17) is 16.7 Å². The number of carboxylic acid groups (broad SMARTS) is 1. The van der Waals surface area contributed by atoms with Crippen LogP contribution in [-0.4, -0.2) is 23.0 Å². The molecule has 0 bridgehead atoms. The molecular weight excluding hydrogens is 266 g/mol. The van der Waals surface area contributed by atoms with Crippen LogP contribution >= 0.6 is 11.6 Å². The summed E-state index contributed by atoms with van der Waals surface area (Å²) in [4.78, 5) is 22.4. The summed E-state index contributed by atoms with van der Waals surface area (Å²) < 4.78 is 0. The molecule has 19 heavy (non-hydrogen) atoms. The van der Waals surface area contributed by atoms with Crippen molar-refractivity contribution in [1.29, 1.82) is 0 Å². The number of benzene rings is 1. The summed E-state index contributed by atoms with van der Waals surface area (Å²) >= 11 is 5.92. The van der Waals surface area contributed by atoms with Crippen molar-refractivity contribution in [3.8, 4) is 0 Å². The fourth-order valence-electron chi connectivity index (χ4n) is 1.38. The molecule has 0 aliphatic heterocycles. The molecule has 0 spiro atoms. The van der Waals surface area contributed by atoms with Gasteiger partial charge < -0.3 is 10.4 Å². The lowest BCUT2D eigenvalue weighted by Gasteiger charge is -2.10. The molecule has 1 atom stereocenters. The Morgan fingerprint density at radius 1 is 1.42 bits per heavy atom. The van der Waals surface area contributed by atoms with Gasteiger partial charge in [0, 0.05) is 11.1 Å². The SMILES string of the molecule is C=CCC(NC(=O)/C=C/c1ccccc1Cl)C(=O)O. The van der Waals surface area contributed by atoms with E-state index in [1.165, 1.54) is 18.2 Å². The van der Waals surface area contributed by atoms with E-state index >= 15 is 0 Å². The first-order valence-electron chi connectivity index (χ1n) is 5.61. The third kappa shape index (κ3) is 4.97. The number of hydrogen-bond acceptors (Lipinski definition) is 2. The van der Waals surface area contributed by atoms with Gasteiger partial charge in [-0.3, -0.25) is 4.79 Å². The molecule has 1 unspecified atom stereocenters. The van der Waals surface area contributed by atoms with Crippen molar-refractivity contribution in [1.82, 2.24) is 5.32 Å². The molecule has 1 rings (SSSR count). The number of carbonyl (C=O) groups is 2. The van der Waals surface area contributed by atoms with Gasteiger partial charge in [0.05, 0.1) is 0 Å². The number of carboxylic acids is 1. The van der Waals surface area contributed by atoms with Gasteiger partial charge in [-0.25, -0.2) is 4.79 Å². The highest BCUT2D eigenvalue weighted by molar-refractivity contribution is 6.32. The minimum Gasteiger partial charge on any atom is -0.480 e. The molecule has 0 aliphatic rings. The van der Waals surface area contributed by atoms with E-state index in [9.17, 15) is 9.59 Å². The number of carbonyl (C=O) groups excluding carboxylic acids is 1. The Labute approximate surface area is 116 Å². The summed E-state index contributed by atoms with van der Waals surface area (Å²) in [6, 6.07) is 6.06. The molecule has 4 nitrogen and oxygen atoms in total. The minimum atomic E-state index is -1.10. The Balaban J connectivity index is 2.67. The summed E-state index contributed by atoms with van der Waals surface area (Å²) in [6.45, 7) is 3.45. The Morgan fingerprint density at radius 3 is 2.68 bits per heavy atom. The molecule has 2 N–H and O–H groups in total. The van der Waals surface area contributed by atoms with Crippen LogP contribution in [0.15, 0.2) is 43.0 Å². The van der Waals surface area contributed by atoms with Crippen molar-refractivity contribution in [2.24, 2.45) is 0 Å². The van der Waals surface area contributed by atoms with Crippen molar-refractivity contribution in [3.05, 3.63) is 53.6 Å². The molecule has 100 valence electrons. The van der Waals surface area contributed by atoms with E-state index in [0.717, 1.165) is 0 Å². The number of halogens is 1. The first kappa shape index (κ1) is 15.0. The molecule has 0 aliphatic carbocycles. The van der Waals surface area contributed by atoms with Gasteiger partial charge in [-0.2, -0.15) is 0 Å². The quantitative estimate of drug-likeness (QED) is 0.621. The zero-order chi connectivity index (χ0) is 14.3. The average molecular weight is 280 g/mol. The lowest BCUT2D eigenvalue weighted by Crippen LogP contribution is -2.39. The normalized spacial score (nSPS) is 12.1. The zero-order valence-corrected chi connectivity index (χ0v) is 10.9. The van der Waals surface area contributed by atoms with E-state index in [0.29, 0.717) is 10.6 Å². The average Bonchev–Trinajstić information content (AvgIpc) is 2.37. The first-order valence-corrected chi connectivity index (χ1v) is 5.99. The Kier molecular flexibility index (Phi) is 5.82. The van der Waals surface area contributed by atoms with Gasteiger partial charge in [0.2, 0.25) is 5.91 Å². The lowest BCUT2D eigenvalue weighted by molar-refractivity contribution is -0.141. The van der Waals surface area contributed by atoms with Gasteiger partial charge >= 0.3 is 5.97 Å². The number of rotatable bonds is 6. The minimum absolute atomic E-state index is 0.168. The summed E-state index contributed by atoms with van der Waals surface area (Å²) in [5.74, 6) is -1.59. The lowest BCUT2D eigenvalue weighted by atomic mass is 10.2. The summed E-state index contributed by atoms with van der Waals surface area (Å²) in [6.07, 6.45) is 4.39. The molecule has 0 fully saturated rings. The highest BCUT2D eigenvalue weighted by atomic mass is 35.5. The monoisotopic (exact) mass is 279 g/mol. The summed E-state index contributed by atoms with van der Waals surface area (Å²) in [7, 11) is 0. The van der Waals surface area contributed by atoms with Crippen LogP contribution in [0.25, 0.3) is 6.08 Å². The second-order valence-corrected chi connectivity index (χ2v) is 4.19. The number of amides is 1. The van der Waals surface area contributed by atoms with E-state index in [-0.39, 0.29) is 6.42 Å². The maximum atomic E-state index is 11.6. The van der Waals surface area contributed by atoms with Crippen LogP contribution in [0.5, 0.6) is 0 Å². The van der Waals surface area contributed by atoms with Crippen molar-refractivity contribution < 1.29 is 14.7 Å². The van der Waals surface area contributed by atoms with Gasteiger partial charge in [0.25, 0.3) is 0 Å². The maximum absolute atomic E-state index is 11.6. The van der Waals surface area contributed by atoms with E-state index < -0.39 is 17.9 Å². The van der Waals surface area contributed by atoms with E-state index in [2.05, 4.69) is 11.9 Å². The topological polar surface area (TPSA) is 66.4 Å². The highest BCUT2D eigenvalue weighted by Gasteiger charge is 2.16. The van der Waals surface area contributed by atoms with Gasteiger partial charge in [-0.15, -0.1) is 6.58 Å². The molecule has 0 aromatic heterocycles. The van der Waals surface area contributed by atoms with Crippen LogP contribution in [0.3, 0.4) is 0 Å². The van der Waals surface area contributed by atoms with Crippen molar-refractivity contribution in [2.45, 2.75) is 12.5 Å². The van der Waals surface area contributed by atoms with Crippen molar-refractivity contribution in [3.63, 3.8) is 0 Å². The number of nitrogens with one attached hydrogen (secondary N) is 1.